The van der Waals surface area contributed by atoms with E-state index < -0.39 is 0 Å². The molecule has 0 atom stereocenters. The van der Waals surface area contributed by atoms with Crippen LogP contribution in [0.15, 0.2) is 6.20 Å². The van der Waals surface area contributed by atoms with E-state index in [1.54, 1.807) is 6.92 Å². The lowest BCUT2D eigenvalue weighted by Crippen LogP contribution is -2.04. The van der Waals surface area contributed by atoms with Crippen molar-refractivity contribution in [1.82, 2.24) is 9.97 Å². The van der Waals surface area contributed by atoms with Crippen molar-refractivity contribution < 1.29 is 9.53 Å². The first-order valence-corrected chi connectivity index (χ1v) is 4.99. The molecule has 0 bridgehead atoms. The van der Waals surface area contributed by atoms with Crippen LogP contribution in [0.25, 0.3) is 0 Å². The molecule has 4 nitrogen and oxygen atoms in total. The number of rotatable bonds is 5. The third-order valence-electron chi connectivity index (χ3n) is 1.89. The first kappa shape index (κ1) is 10.8. The fraction of sp³-hybridized carbons (Fsp3) is 0.600. The largest absolute Gasteiger partial charge is 0.461 e. The number of nitrogens with zero attached hydrogens (tertiary/aromatic N) is 1. The minimum absolute atomic E-state index is 0.331. The minimum atomic E-state index is -0.331. The van der Waals surface area contributed by atoms with Gasteiger partial charge in [0.05, 0.1) is 12.8 Å². The van der Waals surface area contributed by atoms with Crippen LogP contribution < -0.4 is 0 Å². The van der Waals surface area contributed by atoms with Crippen molar-refractivity contribution in [3.8, 4) is 0 Å². The Balaban J connectivity index is 2.54. The Hall–Kier alpha value is -1.32. The third-order valence-corrected chi connectivity index (χ3v) is 1.89. The first-order valence-electron chi connectivity index (χ1n) is 4.99. The smallest absolute Gasteiger partial charge is 0.356 e. The van der Waals surface area contributed by atoms with Crippen LogP contribution in [0.5, 0.6) is 0 Å². The highest BCUT2D eigenvalue weighted by Gasteiger charge is 2.09. The third kappa shape index (κ3) is 2.87. The van der Waals surface area contributed by atoms with Gasteiger partial charge in [-0.15, -0.1) is 0 Å². The fourth-order valence-corrected chi connectivity index (χ4v) is 1.15. The van der Waals surface area contributed by atoms with E-state index in [1.807, 2.05) is 0 Å². The van der Waals surface area contributed by atoms with Crippen molar-refractivity contribution in [1.29, 1.82) is 0 Å². The average Bonchev–Trinajstić information content (AvgIpc) is 2.63. The second-order valence-electron chi connectivity index (χ2n) is 3.07. The predicted molar refractivity (Wildman–Crippen MR) is 53.2 cm³/mol. The molecule has 0 radical (unpaired) electrons. The van der Waals surface area contributed by atoms with Crippen molar-refractivity contribution in [2.24, 2.45) is 0 Å². The number of carbonyl (C=O) groups excluding carboxylic acids is 1. The second-order valence-corrected chi connectivity index (χ2v) is 3.07. The lowest BCUT2D eigenvalue weighted by atomic mass is 10.2. The van der Waals surface area contributed by atoms with E-state index in [1.165, 1.54) is 6.20 Å². The Morgan fingerprint density at radius 3 is 3.00 bits per heavy atom. The lowest BCUT2D eigenvalue weighted by molar-refractivity contribution is 0.0520. The van der Waals surface area contributed by atoms with Crippen LogP contribution in [0.4, 0.5) is 0 Å². The Morgan fingerprint density at radius 1 is 1.57 bits per heavy atom. The highest BCUT2D eigenvalue weighted by atomic mass is 16.5. The molecule has 14 heavy (non-hydrogen) atoms. The van der Waals surface area contributed by atoms with Gasteiger partial charge >= 0.3 is 5.97 Å². The van der Waals surface area contributed by atoms with Gasteiger partial charge < -0.3 is 9.72 Å². The van der Waals surface area contributed by atoms with Gasteiger partial charge in [-0.2, -0.15) is 0 Å². The Labute approximate surface area is 83.7 Å². The van der Waals surface area contributed by atoms with Crippen molar-refractivity contribution in [3.05, 3.63) is 17.7 Å². The van der Waals surface area contributed by atoms with Gasteiger partial charge in [-0.1, -0.05) is 13.3 Å². The summed E-state index contributed by atoms with van der Waals surface area (Å²) in [5, 5.41) is 0. The van der Waals surface area contributed by atoms with Crippen LogP contribution in [0, 0.1) is 0 Å². The highest BCUT2D eigenvalue weighted by Crippen LogP contribution is 2.03. The van der Waals surface area contributed by atoms with Gasteiger partial charge in [0.1, 0.15) is 11.5 Å². The zero-order chi connectivity index (χ0) is 10.4. The Kier molecular flexibility index (Phi) is 4.16. The maximum absolute atomic E-state index is 11.2. The number of H-pyrrole nitrogens is 1. The van der Waals surface area contributed by atoms with Gasteiger partial charge in [-0.25, -0.2) is 9.78 Å². The summed E-state index contributed by atoms with van der Waals surface area (Å²) >= 11 is 0. The molecule has 1 heterocycles. The van der Waals surface area contributed by atoms with Crippen LogP contribution >= 0.6 is 0 Å². The number of unbranched alkanes of at least 4 members (excludes halogenated alkanes) is 1. The monoisotopic (exact) mass is 196 g/mol. The molecule has 0 amide bonds. The van der Waals surface area contributed by atoms with Gasteiger partial charge in [0.25, 0.3) is 0 Å². The summed E-state index contributed by atoms with van der Waals surface area (Å²) in [4.78, 5) is 18.3. The summed E-state index contributed by atoms with van der Waals surface area (Å²) in [6.45, 7) is 4.30. The number of aromatic nitrogens is 2. The topological polar surface area (TPSA) is 55.0 Å². The van der Waals surface area contributed by atoms with Gasteiger partial charge in [-0.05, 0) is 13.3 Å². The summed E-state index contributed by atoms with van der Waals surface area (Å²) in [7, 11) is 0. The number of nitrogens with one attached hydrogen (secondary N) is 1. The van der Waals surface area contributed by atoms with Crippen LogP contribution in [0.1, 0.15) is 43.0 Å². The summed E-state index contributed by atoms with van der Waals surface area (Å²) in [5.41, 5.74) is 0.443. The lowest BCUT2D eigenvalue weighted by Gasteiger charge is -1.97. The number of aryl methyl sites for hydroxylation is 1. The zero-order valence-corrected chi connectivity index (χ0v) is 8.67. The van der Waals surface area contributed by atoms with Crippen molar-refractivity contribution >= 4 is 5.97 Å². The van der Waals surface area contributed by atoms with E-state index in [0.29, 0.717) is 12.3 Å². The molecule has 0 saturated carbocycles. The van der Waals surface area contributed by atoms with Gasteiger partial charge in [0.15, 0.2) is 0 Å². The van der Waals surface area contributed by atoms with Crippen LogP contribution in [0.3, 0.4) is 0 Å². The van der Waals surface area contributed by atoms with Crippen LogP contribution in [-0.4, -0.2) is 22.5 Å². The van der Waals surface area contributed by atoms with E-state index in [2.05, 4.69) is 16.9 Å². The molecule has 0 aliphatic carbocycles. The maximum atomic E-state index is 11.2. The molecule has 0 saturated heterocycles. The minimum Gasteiger partial charge on any atom is -0.461 e. The number of ether oxygens (including phenoxy) is 1. The van der Waals surface area contributed by atoms with Crippen molar-refractivity contribution in [2.45, 2.75) is 33.1 Å². The molecule has 0 fully saturated rings. The number of imidazole rings is 1. The Morgan fingerprint density at radius 2 is 2.36 bits per heavy atom. The number of hydrogen-bond acceptors (Lipinski definition) is 3. The first-order chi connectivity index (χ1) is 6.77. The molecule has 0 spiro atoms. The highest BCUT2D eigenvalue weighted by molar-refractivity contribution is 5.86. The summed E-state index contributed by atoms with van der Waals surface area (Å²) in [5.74, 6) is 0.526. The molecule has 1 aromatic heterocycles. The molecule has 4 heteroatoms. The average molecular weight is 196 g/mol. The second kappa shape index (κ2) is 5.42. The van der Waals surface area contributed by atoms with E-state index in [-0.39, 0.29) is 5.97 Å². The standard InChI is InChI=1S/C10H16N2O2/c1-3-5-6-9-11-7-8(12-9)10(13)14-4-2/h7H,3-6H2,1-2H3,(H,11,12). The fourth-order valence-electron chi connectivity index (χ4n) is 1.15. The quantitative estimate of drug-likeness (QED) is 0.732. The molecule has 78 valence electrons. The van der Waals surface area contributed by atoms with Crippen LogP contribution in [-0.2, 0) is 11.2 Å². The van der Waals surface area contributed by atoms with Gasteiger partial charge in [0.2, 0.25) is 0 Å². The maximum Gasteiger partial charge on any atom is 0.356 e. The van der Waals surface area contributed by atoms with E-state index in [0.717, 1.165) is 25.1 Å². The number of aromatic amines is 1. The molecule has 1 aromatic rings. The molecular weight excluding hydrogens is 180 g/mol. The normalized spacial score (nSPS) is 10.1. The van der Waals surface area contributed by atoms with Crippen LogP contribution in [0.2, 0.25) is 0 Å². The Bertz CT molecular complexity index is 294. The molecule has 0 aliphatic rings. The summed E-state index contributed by atoms with van der Waals surface area (Å²) < 4.78 is 4.84. The van der Waals surface area contributed by atoms with E-state index in [4.69, 9.17) is 4.74 Å². The number of hydrogen-bond donors (Lipinski definition) is 1. The summed E-state index contributed by atoms with van der Waals surface area (Å²) in [6.07, 6.45) is 4.62. The van der Waals surface area contributed by atoms with E-state index in [9.17, 15) is 4.79 Å². The molecule has 0 unspecified atom stereocenters. The van der Waals surface area contributed by atoms with Crippen molar-refractivity contribution in [3.63, 3.8) is 0 Å². The molecule has 0 aliphatic heterocycles. The van der Waals surface area contributed by atoms with Gasteiger partial charge in [0, 0.05) is 6.42 Å². The molecule has 0 aromatic carbocycles. The molecule has 1 N–H and O–H groups in total. The SMILES string of the molecule is CCCCc1ncc(C(=O)OCC)[nH]1. The van der Waals surface area contributed by atoms with Gasteiger partial charge in [-0.3, -0.25) is 0 Å². The molecule has 1 rings (SSSR count). The van der Waals surface area contributed by atoms with Crippen molar-refractivity contribution in [2.75, 3.05) is 6.61 Å². The molecular formula is C10H16N2O2. The number of esters is 1. The summed E-state index contributed by atoms with van der Waals surface area (Å²) in [6, 6.07) is 0. The zero-order valence-electron chi connectivity index (χ0n) is 8.67. The van der Waals surface area contributed by atoms with E-state index >= 15 is 0 Å². The number of carbonyl (C=O) groups is 1. The predicted octanol–water partition coefficient (Wildman–Crippen LogP) is 1.93.